The molecule has 17 heavy (non-hydrogen) atoms. The van der Waals surface area contributed by atoms with Crippen molar-refractivity contribution in [3.63, 3.8) is 0 Å². The number of hydrogen-bond donors (Lipinski definition) is 2. The van der Waals surface area contributed by atoms with Gasteiger partial charge in [-0.1, -0.05) is 6.92 Å². The Kier molecular flexibility index (Phi) is 4.85. The van der Waals surface area contributed by atoms with Crippen molar-refractivity contribution in [2.75, 3.05) is 18.4 Å². The number of aromatic nitrogens is 1. The van der Waals surface area contributed by atoms with Crippen LogP contribution in [0.5, 0.6) is 0 Å². The first-order valence-corrected chi connectivity index (χ1v) is 7.11. The SMILES string of the molecule is CCNS(=O)(=O)Nc1nc(CC(=O)OC)cs1. The lowest BCUT2D eigenvalue weighted by molar-refractivity contribution is -0.139. The molecule has 0 spiro atoms. The molecule has 9 heteroatoms. The van der Waals surface area contributed by atoms with Crippen LogP contribution in [0.1, 0.15) is 12.6 Å². The molecule has 0 aliphatic heterocycles. The van der Waals surface area contributed by atoms with Crippen LogP contribution in [-0.4, -0.2) is 33.0 Å². The summed E-state index contributed by atoms with van der Waals surface area (Å²) in [5.74, 6) is -0.420. The Bertz CT molecular complexity index is 483. The Morgan fingerprint density at radius 3 is 2.88 bits per heavy atom. The van der Waals surface area contributed by atoms with Crippen molar-refractivity contribution in [3.8, 4) is 0 Å². The van der Waals surface area contributed by atoms with E-state index in [2.05, 4.69) is 19.2 Å². The third-order valence-corrected chi connectivity index (χ3v) is 3.73. The van der Waals surface area contributed by atoms with Crippen LogP contribution >= 0.6 is 11.3 Å². The molecular weight excluding hydrogens is 266 g/mol. The number of anilines is 1. The lowest BCUT2D eigenvalue weighted by atomic mass is 10.3. The summed E-state index contributed by atoms with van der Waals surface area (Å²) in [5.41, 5.74) is 0.469. The first kappa shape index (κ1) is 13.9. The van der Waals surface area contributed by atoms with Gasteiger partial charge in [0.05, 0.1) is 19.2 Å². The van der Waals surface area contributed by atoms with Gasteiger partial charge in [0.25, 0.3) is 0 Å². The number of thiazole rings is 1. The van der Waals surface area contributed by atoms with E-state index in [-0.39, 0.29) is 18.1 Å². The van der Waals surface area contributed by atoms with Gasteiger partial charge in [0, 0.05) is 11.9 Å². The summed E-state index contributed by atoms with van der Waals surface area (Å²) < 4.78 is 31.7. The molecule has 0 fully saturated rings. The highest BCUT2D eigenvalue weighted by atomic mass is 32.2. The lowest BCUT2D eigenvalue weighted by Crippen LogP contribution is -2.29. The van der Waals surface area contributed by atoms with Gasteiger partial charge in [-0.3, -0.25) is 4.79 Å². The fraction of sp³-hybridized carbons (Fsp3) is 0.500. The highest BCUT2D eigenvalue weighted by Gasteiger charge is 2.12. The summed E-state index contributed by atoms with van der Waals surface area (Å²) in [7, 11) is -2.29. The van der Waals surface area contributed by atoms with E-state index in [0.717, 1.165) is 11.3 Å². The van der Waals surface area contributed by atoms with Gasteiger partial charge in [0.2, 0.25) is 0 Å². The molecule has 0 saturated heterocycles. The second-order valence-electron chi connectivity index (χ2n) is 3.00. The number of methoxy groups -OCH3 is 1. The summed E-state index contributed by atoms with van der Waals surface area (Å²) >= 11 is 1.11. The summed E-state index contributed by atoms with van der Waals surface area (Å²) in [6.07, 6.45) is 0.0237. The van der Waals surface area contributed by atoms with Crippen molar-refractivity contribution >= 4 is 32.6 Å². The molecule has 0 aliphatic carbocycles. The Morgan fingerprint density at radius 1 is 1.59 bits per heavy atom. The van der Waals surface area contributed by atoms with E-state index < -0.39 is 16.2 Å². The molecule has 0 saturated carbocycles. The maximum absolute atomic E-state index is 11.3. The predicted molar refractivity (Wildman–Crippen MR) is 64.1 cm³/mol. The van der Waals surface area contributed by atoms with E-state index in [1.54, 1.807) is 12.3 Å². The van der Waals surface area contributed by atoms with Crippen LogP contribution in [0.2, 0.25) is 0 Å². The summed E-state index contributed by atoms with van der Waals surface area (Å²) in [6, 6.07) is 0. The quantitative estimate of drug-likeness (QED) is 0.721. The van der Waals surface area contributed by atoms with Crippen LogP contribution in [-0.2, 0) is 26.2 Å². The van der Waals surface area contributed by atoms with Gasteiger partial charge in [0.1, 0.15) is 0 Å². The zero-order chi connectivity index (χ0) is 12.9. The molecule has 96 valence electrons. The number of carbonyl (C=O) groups excluding carboxylic acids is 1. The van der Waals surface area contributed by atoms with Crippen LogP contribution in [0.3, 0.4) is 0 Å². The van der Waals surface area contributed by atoms with E-state index in [0.29, 0.717) is 5.69 Å². The van der Waals surface area contributed by atoms with E-state index in [4.69, 9.17) is 0 Å². The first-order valence-electron chi connectivity index (χ1n) is 4.75. The maximum atomic E-state index is 11.3. The minimum absolute atomic E-state index is 0.0237. The maximum Gasteiger partial charge on any atom is 0.311 e. The standard InChI is InChI=1S/C8H13N3O4S2/c1-3-9-17(13,14)11-8-10-6(5-16-8)4-7(12)15-2/h5,9H,3-4H2,1-2H3,(H,10,11). The molecule has 1 rings (SSSR count). The van der Waals surface area contributed by atoms with E-state index in [1.807, 2.05) is 0 Å². The molecule has 0 aromatic carbocycles. The van der Waals surface area contributed by atoms with Crippen LogP contribution in [0.25, 0.3) is 0 Å². The Labute approximate surface area is 103 Å². The molecule has 0 aliphatic rings. The van der Waals surface area contributed by atoms with Gasteiger partial charge in [-0.2, -0.15) is 13.1 Å². The van der Waals surface area contributed by atoms with Gasteiger partial charge < -0.3 is 4.74 Å². The third kappa shape index (κ3) is 4.67. The zero-order valence-corrected chi connectivity index (χ0v) is 11.0. The number of nitrogens with zero attached hydrogens (tertiary/aromatic N) is 1. The van der Waals surface area contributed by atoms with Crippen LogP contribution < -0.4 is 9.44 Å². The smallest absolute Gasteiger partial charge is 0.311 e. The van der Waals surface area contributed by atoms with E-state index in [1.165, 1.54) is 7.11 Å². The minimum Gasteiger partial charge on any atom is -0.469 e. The number of carbonyl (C=O) groups is 1. The topological polar surface area (TPSA) is 97.4 Å². The molecule has 7 nitrogen and oxygen atoms in total. The van der Waals surface area contributed by atoms with E-state index >= 15 is 0 Å². The number of nitrogens with one attached hydrogen (secondary N) is 2. The second kappa shape index (κ2) is 5.94. The van der Waals surface area contributed by atoms with Crippen molar-refractivity contribution in [1.29, 1.82) is 0 Å². The minimum atomic E-state index is -3.57. The van der Waals surface area contributed by atoms with Crippen LogP contribution in [0.15, 0.2) is 5.38 Å². The molecule has 2 N–H and O–H groups in total. The average Bonchev–Trinajstić information content (AvgIpc) is 2.64. The Hall–Kier alpha value is -1.19. The molecule has 0 bridgehead atoms. The molecule has 1 heterocycles. The summed E-state index contributed by atoms with van der Waals surface area (Å²) in [5, 5.41) is 1.81. The monoisotopic (exact) mass is 279 g/mol. The molecule has 0 unspecified atom stereocenters. The molecule has 0 atom stereocenters. The second-order valence-corrected chi connectivity index (χ2v) is 5.36. The highest BCUT2D eigenvalue weighted by molar-refractivity contribution is 7.91. The van der Waals surface area contributed by atoms with Crippen LogP contribution in [0, 0.1) is 0 Å². The van der Waals surface area contributed by atoms with E-state index in [9.17, 15) is 13.2 Å². The number of ether oxygens (including phenoxy) is 1. The Balaban J connectivity index is 2.66. The van der Waals surface area contributed by atoms with Gasteiger partial charge >= 0.3 is 16.2 Å². The molecule has 1 aromatic heterocycles. The van der Waals surface area contributed by atoms with Crippen molar-refractivity contribution in [2.24, 2.45) is 0 Å². The predicted octanol–water partition coefficient (Wildman–Crippen LogP) is 0.125. The van der Waals surface area contributed by atoms with Gasteiger partial charge in [0.15, 0.2) is 5.13 Å². The lowest BCUT2D eigenvalue weighted by Gasteiger charge is -2.03. The van der Waals surface area contributed by atoms with Crippen LogP contribution in [0.4, 0.5) is 5.13 Å². The van der Waals surface area contributed by atoms with Crippen molar-refractivity contribution in [3.05, 3.63) is 11.1 Å². The first-order chi connectivity index (χ1) is 7.96. The fourth-order valence-corrected chi connectivity index (χ4v) is 2.80. The molecular formula is C8H13N3O4S2. The van der Waals surface area contributed by atoms with Gasteiger partial charge in [-0.05, 0) is 0 Å². The Morgan fingerprint density at radius 2 is 2.29 bits per heavy atom. The zero-order valence-electron chi connectivity index (χ0n) is 9.39. The highest BCUT2D eigenvalue weighted by Crippen LogP contribution is 2.16. The van der Waals surface area contributed by atoms with Gasteiger partial charge in [-0.25, -0.2) is 9.71 Å². The fourth-order valence-electron chi connectivity index (χ4n) is 0.996. The molecule has 1 aromatic rings. The number of esters is 1. The third-order valence-electron chi connectivity index (χ3n) is 1.66. The van der Waals surface area contributed by atoms with Gasteiger partial charge in [-0.15, -0.1) is 11.3 Å². The van der Waals surface area contributed by atoms with Crippen molar-refractivity contribution in [1.82, 2.24) is 9.71 Å². The number of rotatable bonds is 6. The molecule has 0 radical (unpaired) electrons. The molecule has 0 amide bonds. The summed E-state index contributed by atoms with van der Waals surface area (Å²) in [6.45, 7) is 1.96. The van der Waals surface area contributed by atoms with Crippen molar-refractivity contribution < 1.29 is 17.9 Å². The average molecular weight is 279 g/mol. The largest absolute Gasteiger partial charge is 0.469 e. The summed E-state index contributed by atoms with van der Waals surface area (Å²) in [4.78, 5) is 14.9. The normalized spacial score (nSPS) is 11.2. The van der Waals surface area contributed by atoms with Crippen molar-refractivity contribution in [2.45, 2.75) is 13.3 Å². The number of hydrogen-bond acceptors (Lipinski definition) is 6.